The topological polar surface area (TPSA) is 6.48 Å². The van der Waals surface area contributed by atoms with Gasteiger partial charge < -0.3 is 9.80 Å². The number of rotatable bonds is 6. The van der Waals surface area contributed by atoms with Crippen LogP contribution in [0, 0.1) is 0 Å². The van der Waals surface area contributed by atoms with Crippen molar-refractivity contribution in [2.75, 3.05) is 9.80 Å². The quantitative estimate of drug-likeness (QED) is 0.162. The van der Waals surface area contributed by atoms with Gasteiger partial charge in [0.15, 0.2) is 0 Å². The zero-order chi connectivity index (χ0) is 35.5. The van der Waals surface area contributed by atoms with Gasteiger partial charge in [-0.05, 0) is 127 Å². The van der Waals surface area contributed by atoms with Crippen LogP contribution in [-0.2, 0) is 5.41 Å². The molecule has 1 aliphatic rings. The summed E-state index contributed by atoms with van der Waals surface area (Å²) in [4.78, 5) is 4.71. The maximum atomic E-state index is 2.42. The number of nitrogens with zero attached hydrogens (tertiary/aromatic N) is 2. The van der Waals surface area contributed by atoms with Gasteiger partial charge in [-0.25, -0.2) is 0 Å². The van der Waals surface area contributed by atoms with E-state index in [1.807, 2.05) is 0 Å². The molecule has 0 radical (unpaired) electrons. The van der Waals surface area contributed by atoms with E-state index in [0.29, 0.717) is 0 Å². The van der Waals surface area contributed by atoms with Gasteiger partial charge in [-0.1, -0.05) is 135 Å². The molecule has 0 unspecified atom stereocenters. The molecule has 2 nitrogen and oxygen atoms in total. The van der Waals surface area contributed by atoms with Crippen LogP contribution in [0.4, 0.5) is 34.1 Å². The van der Waals surface area contributed by atoms with Crippen LogP contribution in [0.2, 0.25) is 0 Å². The van der Waals surface area contributed by atoms with Crippen molar-refractivity contribution >= 4 is 66.4 Å². The van der Waals surface area contributed by atoms with Gasteiger partial charge in [0.25, 0.3) is 0 Å². The van der Waals surface area contributed by atoms with Crippen LogP contribution in [0.15, 0.2) is 194 Å². The fourth-order valence-corrected chi connectivity index (χ4v) is 8.91. The first-order valence-corrected chi connectivity index (χ1v) is 18.4. The minimum atomic E-state index is -0.230. The zero-order valence-electron chi connectivity index (χ0n) is 29.9. The number of fused-ring (bicyclic) bond motifs is 10. The van der Waals surface area contributed by atoms with Crippen LogP contribution in [0.5, 0.6) is 0 Å². The van der Waals surface area contributed by atoms with E-state index in [1.54, 1.807) is 0 Å². The molecule has 0 N–H and O–H groups in total. The second kappa shape index (κ2) is 12.3. The van der Waals surface area contributed by atoms with Crippen LogP contribution in [-0.4, -0.2) is 0 Å². The van der Waals surface area contributed by atoms with Crippen molar-refractivity contribution in [2.45, 2.75) is 19.3 Å². The van der Waals surface area contributed by atoms with E-state index in [1.165, 1.54) is 54.6 Å². The van der Waals surface area contributed by atoms with Gasteiger partial charge >= 0.3 is 0 Å². The molecule has 0 spiro atoms. The third-order valence-electron chi connectivity index (χ3n) is 11.1. The predicted molar refractivity (Wildman–Crippen MR) is 226 cm³/mol. The molecule has 0 fully saturated rings. The summed E-state index contributed by atoms with van der Waals surface area (Å²) in [7, 11) is 0. The minimum Gasteiger partial charge on any atom is -0.310 e. The molecule has 0 atom stereocenters. The summed E-state index contributed by atoms with van der Waals surface area (Å²) in [5.41, 5.74) is 12.1. The molecule has 252 valence electrons. The second-order valence-electron chi connectivity index (χ2n) is 14.6. The molecule has 0 bridgehead atoms. The molecule has 9 aromatic carbocycles. The molecule has 0 aromatic heterocycles. The number of hydrogen-bond donors (Lipinski definition) is 0. The van der Waals surface area contributed by atoms with Gasteiger partial charge in [0.05, 0.1) is 0 Å². The van der Waals surface area contributed by atoms with E-state index < -0.39 is 0 Å². The van der Waals surface area contributed by atoms with Crippen LogP contribution in [0.3, 0.4) is 0 Å². The van der Waals surface area contributed by atoms with E-state index >= 15 is 0 Å². The summed E-state index contributed by atoms with van der Waals surface area (Å²) in [5.74, 6) is 0. The molecule has 53 heavy (non-hydrogen) atoms. The highest BCUT2D eigenvalue weighted by Crippen LogP contribution is 2.57. The third-order valence-corrected chi connectivity index (χ3v) is 11.1. The Morgan fingerprint density at radius 2 is 0.774 bits per heavy atom. The first kappa shape index (κ1) is 31.1. The molecule has 2 heteroatoms. The van der Waals surface area contributed by atoms with E-state index in [4.69, 9.17) is 0 Å². The van der Waals surface area contributed by atoms with Crippen molar-refractivity contribution < 1.29 is 0 Å². The molecule has 0 saturated heterocycles. The van der Waals surface area contributed by atoms with Crippen molar-refractivity contribution in [3.05, 3.63) is 205 Å². The fraction of sp³-hybridized carbons (Fsp3) is 0.0588. The Labute approximate surface area is 310 Å². The van der Waals surface area contributed by atoms with Crippen molar-refractivity contribution in [3.63, 3.8) is 0 Å². The first-order chi connectivity index (χ1) is 26.1. The molecule has 0 saturated carbocycles. The molecule has 9 aromatic rings. The molecular weight excluding hydrogens is 641 g/mol. The highest BCUT2D eigenvalue weighted by molar-refractivity contribution is 6.20. The van der Waals surface area contributed by atoms with Gasteiger partial charge in [0.2, 0.25) is 0 Å². The largest absolute Gasteiger partial charge is 0.310 e. The molecule has 0 aliphatic heterocycles. The van der Waals surface area contributed by atoms with Crippen LogP contribution >= 0.6 is 0 Å². The lowest BCUT2D eigenvalue weighted by molar-refractivity contribution is 0.672. The Kier molecular flexibility index (Phi) is 7.19. The summed E-state index contributed by atoms with van der Waals surface area (Å²) in [6.07, 6.45) is 0. The minimum absolute atomic E-state index is 0.230. The molecular formula is C51H38N2. The Morgan fingerprint density at radius 3 is 1.30 bits per heavy atom. The number of benzene rings is 9. The monoisotopic (exact) mass is 678 g/mol. The third kappa shape index (κ3) is 4.94. The average Bonchev–Trinajstić information content (AvgIpc) is 3.46. The van der Waals surface area contributed by atoms with Crippen LogP contribution in [0.25, 0.3) is 43.4 Å². The summed E-state index contributed by atoms with van der Waals surface area (Å²) < 4.78 is 0. The van der Waals surface area contributed by atoms with Gasteiger partial charge in [-0.3, -0.25) is 0 Å². The Hall–Kier alpha value is -6.64. The number of anilines is 6. The van der Waals surface area contributed by atoms with Crippen molar-refractivity contribution in [2.24, 2.45) is 0 Å². The van der Waals surface area contributed by atoms with Gasteiger partial charge in [-0.2, -0.15) is 0 Å². The zero-order valence-corrected chi connectivity index (χ0v) is 29.9. The van der Waals surface area contributed by atoms with Crippen LogP contribution in [0.1, 0.15) is 25.0 Å². The predicted octanol–water partition coefficient (Wildman–Crippen LogP) is 14.4. The Morgan fingerprint density at radius 1 is 0.321 bits per heavy atom. The van der Waals surface area contributed by atoms with Crippen molar-refractivity contribution in [1.82, 2.24) is 0 Å². The normalized spacial score (nSPS) is 12.9. The SMILES string of the molecule is CC1(C)c2c(ccc3cc(N(c4ccccc4)c4ccccc4)ccc23)-c2c1c1ccc(N(c3ccccc3)c3ccccc3)cc1c1ccccc21. The second-order valence-corrected chi connectivity index (χ2v) is 14.6. The standard InChI is InChI=1S/C51H38N2/c1-51(2)49-42-31-28-40(52(36-17-7-3-8-18-36)37-19-9-4-10-20-37)33-35(42)27-30-46(49)48-44-26-16-15-25-43(44)47-34-41(29-32-45(47)50(48)51)53(38-21-11-5-12-22-38)39-23-13-6-14-24-39/h3-34H,1-2H3. The van der Waals surface area contributed by atoms with E-state index in [-0.39, 0.29) is 5.41 Å². The molecule has 0 heterocycles. The van der Waals surface area contributed by atoms with E-state index in [9.17, 15) is 0 Å². The van der Waals surface area contributed by atoms with Crippen LogP contribution < -0.4 is 9.80 Å². The number of hydrogen-bond acceptors (Lipinski definition) is 2. The molecule has 10 rings (SSSR count). The first-order valence-electron chi connectivity index (χ1n) is 18.4. The summed E-state index contributed by atoms with van der Waals surface area (Å²) in [6.45, 7) is 4.85. The maximum Gasteiger partial charge on any atom is 0.0468 e. The maximum absolute atomic E-state index is 2.42. The van der Waals surface area contributed by atoms with E-state index in [2.05, 4.69) is 218 Å². The highest BCUT2D eigenvalue weighted by atomic mass is 15.1. The fourth-order valence-electron chi connectivity index (χ4n) is 8.91. The lowest BCUT2D eigenvalue weighted by Crippen LogP contribution is -2.16. The Bertz CT molecular complexity index is 2710. The average molecular weight is 679 g/mol. The van der Waals surface area contributed by atoms with Gasteiger partial charge in [0, 0.05) is 39.5 Å². The van der Waals surface area contributed by atoms with Crippen molar-refractivity contribution in [1.29, 1.82) is 0 Å². The molecule has 1 aliphatic carbocycles. The smallest absolute Gasteiger partial charge is 0.0468 e. The summed E-state index contributed by atoms with van der Waals surface area (Å²) >= 11 is 0. The highest BCUT2D eigenvalue weighted by Gasteiger charge is 2.40. The van der Waals surface area contributed by atoms with Crippen molar-refractivity contribution in [3.8, 4) is 11.1 Å². The lowest BCUT2D eigenvalue weighted by Gasteiger charge is -2.28. The van der Waals surface area contributed by atoms with Gasteiger partial charge in [0.1, 0.15) is 0 Å². The Balaban J connectivity index is 1.17. The summed E-state index contributed by atoms with van der Waals surface area (Å²) in [6, 6.07) is 70.5. The lowest BCUT2D eigenvalue weighted by atomic mass is 9.77. The number of para-hydroxylation sites is 4. The molecule has 0 amide bonds. The summed E-state index contributed by atoms with van der Waals surface area (Å²) in [5, 5.41) is 7.74. The van der Waals surface area contributed by atoms with Gasteiger partial charge in [-0.15, -0.1) is 0 Å². The van der Waals surface area contributed by atoms with E-state index in [0.717, 1.165) is 34.1 Å².